The lowest BCUT2D eigenvalue weighted by molar-refractivity contribution is -0.0122. The molecule has 0 aromatic heterocycles. The van der Waals surface area contributed by atoms with Gasteiger partial charge >= 0.3 is 0 Å². The fraction of sp³-hybridized carbons (Fsp3) is 1.00. The van der Waals surface area contributed by atoms with Crippen LogP contribution in [-0.2, 0) is 4.74 Å². The average molecular weight is 201 g/mol. The number of thioether (sulfide) groups is 1. The van der Waals surface area contributed by atoms with Gasteiger partial charge < -0.3 is 4.74 Å². The third-order valence-electron chi connectivity index (χ3n) is 2.95. The van der Waals surface area contributed by atoms with E-state index in [0.29, 0.717) is 0 Å². The molecule has 2 nitrogen and oxygen atoms in total. The van der Waals surface area contributed by atoms with Crippen LogP contribution in [0.3, 0.4) is 0 Å². The molecule has 0 aromatic rings. The summed E-state index contributed by atoms with van der Waals surface area (Å²) in [5.41, 5.74) is -0.0113. The van der Waals surface area contributed by atoms with Gasteiger partial charge in [0.25, 0.3) is 0 Å². The monoisotopic (exact) mass is 201 g/mol. The lowest BCUT2D eigenvalue weighted by Gasteiger charge is -2.30. The molecule has 2 aliphatic rings. The van der Waals surface area contributed by atoms with Gasteiger partial charge in [0, 0.05) is 6.54 Å². The molecule has 2 unspecified atom stereocenters. The zero-order valence-electron chi connectivity index (χ0n) is 8.34. The highest BCUT2D eigenvalue weighted by atomic mass is 32.2. The van der Waals surface area contributed by atoms with Gasteiger partial charge in [0.05, 0.1) is 6.61 Å². The van der Waals surface area contributed by atoms with Crippen molar-refractivity contribution in [3.8, 4) is 0 Å². The first-order valence-corrected chi connectivity index (χ1v) is 6.41. The summed E-state index contributed by atoms with van der Waals surface area (Å²) >= 11 is 2.10. The van der Waals surface area contributed by atoms with E-state index in [0.717, 1.165) is 19.1 Å². The molecule has 0 aromatic carbocycles. The second-order valence-electron chi connectivity index (χ2n) is 4.29. The summed E-state index contributed by atoms with van der Waals surface area (Å²) in [6.45, 7) is 4.10. The van der Waals surface area contributed by atoms with E-state index in [1.807, 2.05) is 0 Å². The molecule has 76 valence electrons. The van der Waals surface area contributed by atoms with Gasteiger partial charge in [-0.1, -0.05) is 0 Å². The minimum Gasteiger partial charge on any atom is -0.360 e. The van der Waals surface area contributed by atoms with E-state index < -0.39 is 0 Å². The van der Waals surface area contributed by atoms with E-state index in [1.54, 1.807) is 0 Å². The highest BCUT2D eigenvalue weighted by Crippen LogP contribution is 2.30. The minimum absolute atomic E-state index is 0.0113. The molecule has 0 amide bonds. The Morgan fingerprint density at radius 2 is 2.54 bits per heavy atom. The van der Waals surface area contributed by atoms with Crippen LogP contribution in [0.2, 0.25) is 0 Å². The first-order valence-electron chi connectivity index (χ1n) is 5.25. The van der Waals surface area contributed by atoms with Gasteiger partial charge in [-0.3, -0.25) is 5.32 Å². The Hall–Kier alpha value is 0.270. The van der Waals surface area contributed by atoms with Crippen molar-refractivity contribution in [3.63, 3.8) is 0 Å². The molecule has 2 atom stereocenters. The molecular formula is C10H19NOS. The Morgan fingerprint density at radius 1 is 1.62 bits per heavy atom. The van der Waals surface area contributed by atoms with Crippen molar-refractivity contribution in [1.82, 2.24) is 5.32 Å². The third kappa shape index (κ3) is 2.61. The number of hydrogen-bond donors (Lipinski definition) is 1. The summed E-state index contributed by atoms with van der Waals surface area (Å²) in [6.07, 6.45) is 3.99. The molecule has 13 heavy (non-hydrogen) atoms. The summed E-state index contributed by atoms with van der Waals surface area (Å²) in [7, 11) is 0. The van der Waals surface area contributed by atoms with Gasteiger partial charge in [-0.2, -0.15) is 11.8 Å². The van der Waals surface area contributed by atoms with Crippen molar-refractivity contribution in [2.75, 3.05) is 24.7 Å². The van der Waals surface area contributed by atoms with Crippen molar-refractivity contribution in [3.05, 3.63) is 0 Å². The molecule has 0 bridgehead atoms. The molecule has 3 heteroatoms. The van der Waals surface area contributed by atoms with Crippen LogP contribution in [0.4, 0.5) is 0 Å². The first kappa shape index (κ1) is 9.81. The lowest BCUT2D eigenvalue weighted by atomic mass is 9.95. The van der Waals surface area contributed by atoms with Crippen molar-refractivity contribution in [1.29, 1.82) is 0 Å². The van der Waals surface area contributed by atoms with E-state index in [9.17, 15) is 0 Å². The quantitative estimate of drug-likeness (QED) is 0.737. The zero-order chi connectivity index (χ0) is 9.15. The van der Waals surface area contributed by atoms with Crippen LogP contribution in [0, 0.1) is 5.92 Å². The van der Waals surface area contributed by atoms with E-state index in [4.69, 9.17) is 4.74 Å². The Morgan fingerprint density at radius 3 is 3.15 bits per heavy atom. The van der Waals surface area contributed by atoms with Gasteiger partial charge in [-0.25, -0.2) is 0 Å². The summed E-state index contributed by atoms with van der Waals surface area (Å²) in [5, 5.41) is 3.45. The van der Waals surface area contributed by atoms with Crippen LogP contribution in [0.25, 0.3) is 0 Å². The van der Waals surface area contributed by atoms with Crippen LogP contribution >= 0.6 is 11.8 Å². The van der Waals surface area contributed by atoms with E-state index in [1.165, 1.54) is 30.8 Å². The van der Waals surface area contributed by atoms with Crippen molar-refractivity contribution in [2.45, 2.75) is 31.9 Å². The highest BCUT2D eigenvalue weighted by Gasteiger charge is 2.32. The predicted molar refractivity (Wildman–Crippen MR) is 57.0 cm³/mol. The van der Waals surface area contributed by atoms with Crippen molar-refractivity contribution < 1.29 is 4.74 Å². The topological polar surface area (TPSA) is 21.3 Å². The van der Waals surface area contributed by atoms with E-state index in [-0.39, 0.29) is 5.72 Å². The van der Waals surface area contributed by atoms with Crippen LogP contribution in [-0.4, -0.2) is 30.4 Å². The molecule has 0 radical (unpaired) electrons. The van der Waals surface area contributed by atoms with Gasteiger partial charge in [-0.15, -0.1) is 0 Å². The fourth-order valence-electron chi connectivity index (χ4n) is 2.29. The third-order valence-corrected chi connectivity index (χ3v) is 4.24. The summed E-state index contributed by atoms with van der Waals surface area (Å²) in [5.74, 6) is 3.57. The Kier molecular flexibility index (Phi) is 3.17. The predicted octanol–water partition coefficient (Wildman–Crippen LogP) is 1.86. The fourth-order valence-corrected chi connectivity index (χ4v) is 3.45. The van der Waals surface area contributed by atoms with Crippen LogP contribution in [0.1, 0.15) is 26.2 Å². The standard InChI is InChI=1S/C10H19NOS/c1-10(11-4-5-12-10)7-9-3-2-6-13-8-9/h9,11H,2-8H2,1H3. The molecule has 2 aliphatic heterocycles. The van der Waals surface area contributed by atoms with Gasteiger partial charge in [0.2, 0.25) is 0 Å². The summed E-state index contributed by atoms with van der Waals surface area (Å²) in [4.78, 5) is 0. The molecule has 2 saturated heterocycles. The number of ether oxygens (including phenoxy) is 1. The van der Waals surface area contributed by atoms with Gasteiger partial charge in [-0.05, 0) is 43.6 Å². The van der Waals surface area contributed by atoms with Crippen LogP contribution < -0.4 is 5.32 Å². The molecule has 1 N–H and O–H groups in total. The SMILES string of the molecule is CC1(CC2CCCSC2)NCCO1. The Bertz CT molecular complexity index is 162. The first-order chi connectivity index (χ1) is 6.29. The van der Waals surface area contributed by atoms with Gasteiger partial charge in [0.1, 0.15) is 5.72 Å². The number of hydrogen-bond acceptors (Lipinski definition) is 3. The molecular weight excluding hydrogens is 182 g/mol. The number of rotatable bonds is 2. The smallest absolute Gasteiger partial charge is 0.116 e. The molecule has 2 heterocycles. The highest BCUT2D eigenvalue weighted by molar-refractivity contribution is 7.99. The normalized spacial score (nSPS) is 40.8. The summed E-state index contributed by atoms with van der Waals surface area (Å²) in [6, 6.07) is 0. The minimum atomic E-state index is -0.0113. The van der Waals surface area contributed by atoms with E-state index in [2.05, 4.69) is 24.0 Å². The molecule has 2 rings (SSSR count). The second-order valence-corrected chi connectivity index (χ2v) is 5.44. The average Bonchev–Trinajstić information content (AvgIpc) is 2.54. The van der Waals surface area contributed by atoms with Crippen molar-refractivity contribution in [2.24, 2.45) is 5.92 Å². The number of nitrogens with one attached hydrogen (secondary N) is 1. The van der Waals surface area contributed by atoms with Crippen LogP contribution in [0.15, 0.2) is 0 Å². The Labute approximate surface area is 84.8 Å². The maximum atomic E-state index is 5.72. The molecule has 2 fully saturated rings. The molecule has 0 aliphatic carbocycles. The lowest BCUT2D eigenvalue weighted by Crippen LogP contribution is -2.40. The molecule has 0 saturated carbocycles. The van der Waals surface area contributed by atoms with Crippen molar-refractivity contribution >= 4 is 11.8 Å². The molecule has 0 spiro atoms. The maximum Gasteiger partial charge on any atom is 0.116 e. The second kappa shape index (κ2) is 4.20. The van der Waals surface area contributed by atoms with Crippen LogP contribution in [0.5, 0.6) is 0 Å². The summed E-state index contributed by atoms with van der Waals surface area (Å²) < 4.78 is 5.72. The van der Waals surface area contributed by atoms with Gasteiger partial charge in [0.15, 0.2) is 0 Å². The zero-order valence-corrected chi connectivity index (χ0v) is 9.16. The van der Waals surface area contributed by atoms with E-state index >= 15 is 0 Å². The maximum absolute atomic E-state index is 5.72. The largest absolute Gasteiger partial charge is 0.360 e. The Balaban J connectivity index is 1.81.